The molecule has 13 heteroatoms. The number of anilines is 2. The van der Waals surface area contributed by atoms with Gasteiger partial charge >= 0.3 is 57.4 Å². The van der Waals surface area contributed by atoms with E-state index >= 15 is 4.39 Å². The van der Waals surface area contributed by atoms with E-state index in [1.807, 2.05) is 0 Å². The molecule has 0 bridgehead atoms. The van der Waals surface area contributed by atoms with Crippen LogP contribution in [0.2, 0.25) is 5.02 Å². The predicted octanol–water partition coefficient (Wildman–Crippen LogP) is 2.77. The number of hydrogen-bond donors (Lipinski definition) is 3. The average molecular weight is 620 g/mol. The summed E-state index contributed by atoms with van der Waals surface area (Å²) in [5.41, 5.74) is -0.225. The Morgan fingerprint density at radius 2 is 1.69 bits per heavy atom. The molecule has 0 aliphatic heterocycles. The maximum atomic E-state index is 15.1. The van der Waals surface area contributed by atoms with Gasteiger partial charge in [0.15, 0.2) is 29.7 Å². The zero-order valence-corrected chi connectivity index (χ0v) is 26.5. The van der Waals surface area contributed by atoms with Crippen molar-refractivity contribution in [2.45, 2.75) is 12.8 Å². The fourth-order valence-corrected chi connectivity index (χ4v) is 4.35. The van der Waals surface area contributed by atoms with Crippen LogP contribution in [0.5, 0.6) is 23.0 Å². The molecule has 1 aliphatic rings. The van der Waals surface area contributed by atoms with Gasteiger partial charge in [-0.15, -0.1) is 0 Å². The molecule has 4 aromatic rings. The maximum absolute atomic E-state index is 15.1. The van der Waals surface area contributed by atoms with E-state index in [9.17, 15) is 14.4 Å². The number of carbonyl (C=O) groups is 3. The van der Waals surface area contributed by atoms with Crippen LogP contribution in [0.15, 0.2) is 66.9 Å². The van der Waals surface area contributed by atoms with Crippen molar-refractivity contribution in [1.29, 1.82) is 0 Å². The van der Waals surface area contributed by atoms with Crippen LogP contribution >= 0.6 is 11.6 Å². The second-order valence-corrected chi connectivity index (χ2v) is 9.70. The van der Waals surface area contributed by atoms with Gasteiger partial charge in [0.25, 0.3) is 0 Å². The van der Waals surface area contributed by atoms with Crippen LogP contribution < -0.4 is 76.2 Å². The number of nitrogens with one attached hydrogen (secondary N) is 2. The normalized spacial score (nSPS) is 12.9. The molecule has 3 N–H and O–H groups in total. The first-order valence-corrected chi connectivity index (χ1v) is 12.7. The van der Waals surface area contributed by atoms with E-state index in [2.05, 4.69) is 15.6 Å². The Hall–Kier alpha value is -3.26. The molecular formula is C29H24ClFKN3O7. The third-order valence-electron chi connectivity index (χ3n) is 6.45. The molecule has 10 nitrogen and oxygen atoms in total. The van der Waals surface area contributed by atoms with E-state index in [1.54, 1.807) is 30.3 Å². The molecule has 5 rings (SSSR count). The van der Waals surface area contributed by atoms with E-state index in [0.717, 1.165) is 6.07 Å². The van der Waals surface area contributed by atoms with E-state index in [4.69, 9.17) is 30.9 Å². The summed E-state index contributed by atoms with van der Waals surface area (Å²) in [5, 5.41) is 15.1. The number of carboxylic acids is 1. The van der Waals surface area contributed by atoms with Gasteiger partial charge in [-0.05, 0) is 55.3 Å². The van der Waals surface area contributed by atoms with Crippen molar-refractivity contribution in [3.05, 3.63) is 77.7 Å². The van der Waals surface area contributed by atoms with Crippen molar-refractivity contribution in [1.82, 2.24) is 4.98 Å². The minimum absolute atomic E-state index is 0. The zero-order valence-electron chi connectivity index (χ0n) is 23.6. The van der Waals surface area contributed by atoms with Gasteiger partial charge in [-0.2, -0.15) is 0 Å². The molecule has 212 valence electrons. The summed E-state index contributed by atoms with van der Waals surface area (Å²) in [6.07, 6.45) is 2.16. The quantitative estimate of drug-likeness (QED) is 0.182. The fourth-order valence-electron chi connectivity index (χ4n) is 4.16. The Balaban J connectivity index is 0.00000253. The molecule has 1 fully saturated rings. The van der Waals surface area contributed by atoms with Crippen LogP contribution in [-0.4, -0.2) is 41.6 Å². The minimum Gasteiger partial charge on any atom is -1.00 e. The van der Waals surface area contributed by atoms with Gasteiger partial charge in [0.2, 0.25) is 11.8 Å². The molecule has 1 aromatic heterocycles. The summed E-state index contributed by atoms with van der Waals surface area (Å²) in [6, 6.07) is 15.1. The van der Waals surface area contributed by atoms with Crippen LogP contribution in [-0.2, 0) is 14.4 Å². The Kier molecular flexibility index (Phi) is 10.1. The summed E-state index contributed by atoms with van der Waals surface area (Å²) in [5.74, 6) is -2.37. The molecule has 2 amide bonds. The number of hydrogen-bond acceptors (Lipinski definition) is 7. The molecule has 0 atom stereocenters. The maximum Gasteiger partial charge on any atom is 1.00 e. The van der Waals surface area contributed by atoms with Gasteiger partial charge in [-0.3, -0.25) is 14.6 Å². The first kappa shape index (κ1) is 31.7. The van der Waals surface area contributed by atoms with Gasteiger partial charge in [0, 0.05) is 40.1 Å². The number of nitrogens with zero attached hydrogens (tertiary/aromatic N) is 1. The number of aromatic nitrogens is 1. The molecular weight excluding hydrogens is 596 g/mol. The van der Waals surface area contributed by atoms with Crippen LogP contribution in [0.4, 0.5) is 15.8 Å². The number of carbonyl (C=O) groups excluding carboxylic acids is 2. The number of amides is 2. The largest absolute Gasteiger partial charge is 1.00 e. The van der Waals surface area contributed by atoms with Crippen LogP contribution in [0.1, 0.15) is 14.3 Å². The van der Waals surface area contributed by atoms with Crippen LogP contribution in [0.25, 0.3) is 10.9 Å². The zero-order chi connectivity index (χ0) is 29.1. The van der Waals surface area contributed by atoms with E-state index in [1.165, 1.54) is 37.6 Å². The number of ether oxygens (including phenoxy) is 3. The molecule has 1 heterocycles. The molecule has 3 aromatic carbocycles. The SMILES string of the molecule is COc1cc2c(Oc3ccc(NC(=O)C4(C(=O)Nc5cccc(Cl)c5)CC4)cc3F)ccnc2cc1OCC(=O)O.[H-].[K+]. The molecule has 1 saturated carbocycles. The second kappa shape index (κ2) is 13.4. The molecule has 0 spiro atoms. The fraction of sp³-hybridized carbons (Fsp3) is 0.172. The summed E-state index contributed by atoms with van der Waals surface area (Å²) >= 11 is 5.97. The van der Waals surface area contributed by atoms with E-state index in [-0.39, 0.29) is 81.5 Å². The van der Waals surface area contributed by atoms with Gasteiger partial charge in [-0.25, -0.2) is 9.18 Å². The standard InChI is InChI=1S/C29H23ClFN3O7.K.H/c1-39-24-13-19-21(14-25(24)40-15-26(35)36)32-10-7-22(19)41-23-6-5-18(12-20(23)31)34-28(38)29(8-9-29)27(37)33-17-4-2-3-16(30)11-17;;/h2-7,10-14H,8-9,15H2,1H3,(H,33,37)(H,34,38)(H,35,36);;/q;+1;-1. The molecule has 1 aliphatic carbocycles. The van der Waals surface area contributed by atoms with Crippen molar-refractivity contribution < 1.29 is 90.9 Å². The van der Waals surface area contributed by atoms with Crippen molar-refractivity contribution in [2.24, 2.45) is 5.41 Å². The van der Waals surface area contributed by atoms with E-state index in [0.29, 0.717) is 34.5 Å². The summed E-state index contributed by atoms with van der Waals surface area (Å²) in [7, 11) is 1.39. The molecule has 0 unspecified atom stereocenters. The third-order valence-corrected chi connectivity index (χ3v) is 6.68. The van der Waals surface area contributed by atoms with Gasteiger partial charge < -0.3 is 31.4 Å². The first-order valence-electron chi connectivity index (χ1n) is 12.4. The number of methoxy groups -OCH3 is 1. The Labute approximate surface area is 288 Å². The summed E-state index contributed by atoms with van der Waals surface area (Å²) < 4.78 is 31.5. The van der Waals surface area contributed by atoms with Gasteiger partial charge in [0.05, 0.1) is 12.6 Å². The topological polar surface area (TPSA) is 136 Å². The average Bonchev–Trinajstić information content (AvgIpc) is 3.75. The Bertz CT molecular complexity index is 1690. The number of halogens is 2. The van der Waals surface area contributed by atoms with Crippen molar-refractivity contribution in [2.75, 3.05) is 24.4 Å². The third kappa shape index (κ3) is 7.02. The van der Waals surface area contributed by atoms with Crippen molar-refractivity contribution in [3.8, 4) is 23.0 Å². The number of fused-ring (bicyclic) bond motifs is 1. The van der Waals surface area contributed by atoms with E-state index < -0.39 is 35.6 Å². The summed E-state index contributed by atoms with van der Waals surface area (Å²) in [4.78, 5) is 41.0. The Morgan fingerprint density at radius 3 is 2.31 bits per heavy atom. The number of rotatable bonds is 10. The summed E-state index contributed by atoms with van der Waals surface area (Å²) in [6.45, 7) is -0.570. The van der Waals surface area contributed by atoms with Crippen LogP contribution in [0, 0.1) is 11.2 Å². The monoisotopic (exact) mass is 619 g/mol. The van der Waals surface area contributed by atoms with Crippen molar-refractivity contribution in [3.63, 3.8) is 0 Å². The Morgan fingerprint density at radius 1 is 0.976 bits per heavy atom. The first-order chi connectivity index (χ1) is 19.7. The van der Waals surface area contributed by atoms with Gasteiger partial charge in [0.1, 0.15) is 11.2 Å². The molecule has 0 radical (unpaired) electrons. The number of carboxylic acid groups (broad SMARTS) is 1. The van der Waals surface area contributed by atoms with Crippen LogP contribution in [0.3, 0.4) is 0 Å². The second-order valence-electron chi connectivity index (χ2n) is 9.26. The number of benzene rings is 3. The number of aliphatic carboxylic acids is 1. The molecule has 0 saturated heterocycles. The van der Waals surface area contributed by atoms with Crippen molar-refractivity contribution >= 4 is 51.7 Å². The number of pyridine rings is 1. The van der Waals surface area contributed by atoms with Gasteiger partial charge in [-0.1, -0.05) is 17.7 Å². The molecule has 42 heavy (non-hydrogen) atoms. The minimum atomic E-state index is -1.25. The smallest absolute Gasteiger partial charge is 1.00 e. The predicted molar refractivity (Wildman–Crippen MR) is 149 cm³/mol.